The molecule has 0 radical (unpaired) electrons. The van der Waals surface area contributed by atoms with E-state index in [9.17, 15) is 4.79 Å². The van der Waals surface area contributed by atoms with Crippen LogP contribution in [0.1, 0.15) is 23.0 Å². The van der Waals surface area contributed by atoms with E-state index in [0.717, 1.165) is 24.5 Å². The highest BCUT2D eigenvalue weighted by Gasteiger charge is 2.21. The SMILES string of the molecule is CCNC(=O)c1sc(NCCCN(C)C)c(OC)c1N. The molecule has 114 valence electrons. The number of ether oxygens (including phenoxy) is 1. The molecule has 20 heavy (non-hydrogen) atoms. The molecule has 0 atom stereocenters. The van der Waals surface area contributed by atoms with Gasteiger partial charge in [0.25, 0.3) is 5.91 Å². The van der Waals surface area contributed by atoms with Crippen molar-refractivity contribution in [2.75, 3.05) is 51.9 Å². The third-order valence-electron chi connectivity index (χ3n) is 2.71. The molecule has 0 fully saturated rings. The van der Waals surface area contributed by atoms with E-state index in [4.69, 9.17) is 10.5 Å². The first-order valence-corrected chi connectivity index (χ1v) is 7.45. The van der Waals surface area contributed by atoms with E-state index in [2.05, 4.69) is 15.5 Å². The van der Waals surface area contributed by atoms with Gasteiger partial charge < -0.3 is 26.0 Å². The third-order valence-corrected chi connectivity index (χ3v) is 3.86. The number of carbonyl (C=O) groups is 1. The number of hydrogen-bond acceptors (Lipinski definition) is 6. The van der Waals surface area contributed by atoms with Crippen LogP contribution in [-0.4, -0.2) is 51.6 Å². The molecule has 0 bridgehead atoms. The van der Waals surface area contributed by atoms with Gasteiger partial charge in [-0.1, -0.05) is 0 Å². The van der Waals surface area contributed by atoms with Crippen molar-refractivity contribution < 1.29 is 9.53 Å². The number of nitrogens with one attached hydrogen (secondary N) is 2. The summed E-state index contributed by atoms with van der Waals surface area (Å²) in [5.74, 6) is 0.399. The average molecular weight is 300 g/mol. The lowest BCUT2D eigenvalue weighted by Gasteiger charge is -2.10. The Kier molecular flexibility index (Phi) is 6.60. The fraction of sp³-hybridized carbons (Fsp3) is 0.615. The lowest BCUT2D eigenvalue weighted by Crippen LogP contribution is -2.22. The maximum atomic E-state index is 11.9. The van der Waals surface area contributed by atoms with Crippen LogP contribution in [0.2, 0.25) is 0 Å². The molecule has 1 heterocycles. The van der Waals surface area contributed by atoms with Crippen LogP contribution in [0, 0.1) is 0 Å². The molecule has 1 rings (SSSR count). The molecule has 0 aliphatic carbocycles. The average Bonchev–Trinajstić information content (AvgIpc) is 2.71. The largest absolute Gasteiger partial charge is 0.492 e. The second-order valence-electron chi connectivity index (χ2n) is 4.65. The highest BCUT2D eigenvalue weighted by atomic mass is 32.1. The number of carbonyl (C=O) groups excluding carboxylic acids is 1. The maximum Gasteiger partial charge on any atom is 0.263 e. The van der Waals surface area contributed by atoms with E-state index >= 15 is 0 Å². The molecule has 0 aromatic carbocycles. The van der Waals surface area contributed by atoms with Gasteiger partial charge in [-0.05, 0) is 34.0 Å². The Morgan fingerprint density at radius 2 is 2.15 bits per heavy atom. The summed E-state index contributed by atoms with van der Waals surface area (Å²) in [5.41, 5.74) is 6.38. The first kappa shape index (κ1) is 16.6. The lowest BCUT2D eigenvalue weighted by atomic mass is 10.3. The van der Waals surface area contributed by atoms with Crippen molar-refractivity contribution in [1.82, 2.24) is 10.2 Å². The minimum atomic E-state index is -0.158. The van der Waals surface area contributed by atoms with Gasteiger partial charge >= 0.3 is 0 Å². The van der Waals surface area contributed by atoms with Crippen LogP contribution >= 0.6 is 11.3 Å². The van der Waals surface area contributed by atoms with E-state index in [-0.39, 0.29) is 5.91 Å². The number of amides is 1. The second kappa shape index (κ2) is 7.96. The van der Waals surface area contributed by atoms with Crippen LogP contribution in [0.15, 0.2) is 0 Å². The van der Waals surface area contributed by atoms with Crippen LogP contribution < -0.4 is 21.1 Å². The van der Waals surface area contributed by atoms with Gasteiger partial charge in [0, 0.05) is 13.1 Å². The summed E-state index contributed by atoms with van der Waals surface area (Å²) in [5, 5.41) is 6.85. The van der Waals surface area contributed by atoms with Crippen LogP contribution in [-0.2, 0) is 0 Å². The Hall–Kier alpha value is -1.47. The van der Waals surface area contributed by atoms with Crippen molar-refractivity contribution in [2.24, 2.45) is 0 Å². The van der Waals surface area contributed by atoms with Crippen molar-refractivity contribution >= 4 is 27.9 Å². The Morgan fingerprint density at radius 3 is 2.70 bits per heavy atom. The van der Waals surface area contributed by atoms with E-state index in [1.54, 1.807) is 7.11 Å². The van der Waals surface area contributed by atoms with Crippen LogP contribution in [0.3, 0.4) is 0 Å². The van der Waals surface area contributed by atoms with Crippen molar-refractivity contribution in [3.8, 4) is 5.75 Å². The summed E-state index contributed by atoms with van der Waals surface area (Å²) < 4.78 is 5.30. The highest BCUT2D eigenvalue weighted by Crippen LogP contribution is 2.42. The minimum absolute atomic E-state index is 0.158. The summed E-state index contributed by atoms with van der Waals surface area (Å²) in [4.78, 5) is 14.5. The van der Waals surface area contributed by atoms with Gasteiger partial charge in [0.05, 0.1) is 7.11 Å². The molecular weight excluding hydrogens is 276 g/mol. The van der Waals surface area contributed by atoms with E-state index in [1.165, 1.54) is 11.3 Å². The number of rotatable bonds is 8. The van der Waals surface area contributed by atoms with Crippen LogP contribution in [0.25, 0.3) is 0 Å². The topological polar surface area (TPSA) is 79.6 Å². The van der Waals surface area contributed by atoms with Gasteiger partial charge in [-0.3, -0.25) is 4.79 Å². The first-order chi connectivity index (χ1) is 9.51. The molecule has 0 aliphatic rings. The zero-order valence-electron chi connectivity index (χ0n) is 12.6. The molecule has 0 unspecified atom stereocenters. The number of nitrogens with zero attached hydrogens (tertiary/aromatic N) is 1. The molecule has 4 N–H and O–H groups in total. The molecule has 1 amide bonds. The van der Waals surface area contributed by atoms with Crippen molar-refractivity contribution in [2.45, 2.75) is 13.3 Å². The monoisotopic (exact) mass is 300 g/mol. The standard InChI is InChI=1S/C13H24N4O2S/c1-5-15-12(18)11-9(14)10(19-4)13(20-11)16-7-6-8-17(2)3/h16H,5-8,14H2,1-4H3,(H,15,18). The van der Waals surface area contributed by atoms with Gasteiger partial charge in [0.2, 0.25) is 0 Å². The van der Waals surface area contributed by atoms with Gasteiger partial charge in [-0.25, -0.2) is 0 Å². The summed E-state index contributed by atoms with van der Waals surface area (Å²) in [6.07, 6.45) is 1.00. The van der Waals surface area contributed by atoms with Gasteiger partial charge in [0.15, 0.2) is 5.75 Å². The molecule has 0 aliphatic heterocycles. The van der Waals surface area contributed by atoms with Crippen molar-refractivity contribution in [3.05, 3.63) is 4.88 Å². The Morgan fingerprint density at radius 1 is 1.45 bits per heavy atom. The molecular formula is C13H24N4O2S. The predicted octanol–water partition coefficient (Wildman–Crippen LogP) is 1.45. The molecule has 1 aromatic heterocycles. The zero-order valence-corrected chi connectivity index (χ0v) is 13.4. The van der Waals surface area contributed by atoms with E-state index < -0.39 is 0 Å². The summed E-state index contributed by atoms with van der Waals surface area (Å²) in [6.45, 7) is 4.26. The summed E-state index contributed by atoms with van der Waals surface area (Å²) in [6, 6.07) is 0. The first-order valence-electron chi connectivity index (χ1n) is 6.64. The van der Waals surface area contributed by atoms with Gasteiger partial charge in [0.1, 0.15) is 15.6 Å². The molecule has 0 saturated heterocycles. The molecule has 0 saturated carbocycles. The van der Waals surface area contributed by atoms with Gasteiger partial charge in [-0.15, -0.1) is 11.3 Å². The van der Waals surface area contributed by atoms with E-state index in [0.29, 0.717) is 22.9 Å². The Balaban J connectivity index is 2.75. The fourth-order valence-corrected chi connectivity index (χ4v) is 2.79. The summed E-state index contributed by atoms with van der Waals surface area (Å²) in [7, 11) is 5.64. The number of nitrogens with two attached hydrogens (primary N) is 1. The molecule has 0 spiro atoms. The van der Waals surface area contributed by atoms with Gasteiger partial charge in [-0.2, -0.15) is 0 Å². The number of nitrogen functional groups attached to an aromatic ring is 1. The predicted molar refractivity (Wildman–Crippen MR) is 85.0 cm³/mol. The van der Waals surface area contributed by atoms with Crippen LogP contribution in [0.5, 0.6) is 5.75 Å². The fourth-order valence-electron chi connectivity index (χ4n) is 1.75. The smallest absolute Gasteiger partial charge is 0.263 e. The summed E-state index contributed by atoms with van der Waals surface area (Å²) >= 11 is 1.33. The number of methoxy groups -OCH3 is 1. The van der Waals surface area contributed by atoms with E-state index in [1.807, 2.05) is 21.0 Å². The maximum absolute atomic E-state index is 11.9. The minimum Gasteiger partial charge on any atom is -0.492 e. The van der Waals surface area contributed by atoms with Crippen molar-refractivity contribution in [1.29, 1.82) is 0 Å². The Bertz CT molecular complexity index is 446. The van der Waals surface area contributed by atoms with Crippen LogP contribution in [0.4, 0.5) is 10.7 Å². The molecule has 1 aromatic rings. The zero-order chi connectivity index (χ0) is 15.1. The number of anilines is 2. The Labute approximate surface area is 124 Å². The molecule has 6 nitrogen and oxygen atoms in total. The lowest BCUT2D eigenvalue weighted by molar-refractivity contribution is 0.0960. The molecule has 7 heteroatoms. The quantitative estimate of drug-likeness (QED) is 0.633. The second-order valence-corrected chi connectivity index (χ2v) is 5.67. The third kappa shape index (κ3) is 4.28. The van der Waals surface area contributed by atoms with Crippen molar-refractivity contribution in [3.63, 3.8) is 0 Å². The number of thiophene rings is 1. The normalized spacial score (nSPS) is 10.7. The number of hydrogen-bond donors (Lipinski definition) is 3. The highest BCUT2D eigenvalue weighted by molar-refractivity contribution is 7.19.